The highest BCUT2D eigenvalue weighted by Gasteiger charge is 2.29. The number of benzene rings is 1. The van der Waals surface area contributed by atoms with Gasteiger partial charge < -0.3 is 15.0 Å². The molecule has 150 valence electrons. The average Bonchev–Trinajstić information content (AvgIpc) is 2.68. The van der Waals surface area contributed by atoms with Crippen LogP contribution in [0.1, 0.15) is 19.8 Å². The largest absolute Gasteiger partial charge is 0.466 e. The summed E-state index contributed by atoms with van der Waals surface area (Å²) in [5.41, 5.74) is 0.402. The van der Waals surface area contributed by atoms with Crippen molar-refractivity contribution in [3.05, 3.63) is 36.0 Å². The van der Waals surface area contributed by atoms with Crippen molar-refractivity contribution in [2.24, 2.45) is 11.1 Å². The van der Waals surface area contributed by atoms with Crippen LogP contribution in [-0.4, -0.2) is 44.9 Å². The third-order valence-electron chi connectivity index (χ3n) is 4.32. The van der Waals surface area contributed by atoms with Crippen molar-refractivity contribution >= 4 is 27.6 Å². The molecule has 0 saturated carbocycles. The smallest absolute Gasteiger partial charge is 0.309 e. The highest BCUT2D eigenvalue weighted by atomic mass is 32.2. The number of esters is 1. The maximum atomic E-state index is 12.5. The van der Waals surface area contributed by atoms with E-state index in [1.165, 1.54) is 35.4 Å². The Bertz CT molecular complexity index is 895. The number of ether oxygens (including phenoxy) is 1. The summed E-state index contributed by atoms with van der Waals surface area (Å²) < 4.78 is 27.5. The zero-order chi connectivity index (χ0) is 20.7. The Morgan fingerprint density at radius 3 is 2.43 bits per heavy atom. The molecular formula is C18H22N4O5S. The molecular weight excluding hydrogens is 384 g/mol. The lowest BCUT2D eigenvalue weighted by Gasteiger charge is -2.30. The number of carbonyl (C=O) groups is 2. The summed E-state index contributed by atoms with van der Waals surface area (Å²) in [5, 5.41) is 17.1. The van der Waals surface area contributed by atoms with Crippen LogP contribution < -0.4 is 10.5 Å². The average molecular weight is 406 g/mol. The lowest BCUT2D eigenvalue weighted by Crippen LogP contribution is -2.41. The minimum atomic E-state index is -3.79. The van der Waals surface area contributed by atoms with Crippen LogP contribution in [-0.2, 0) is 24.3 Å². The van der Waals surface area contributed by atoms with Gasteiger partial charge in [0.05, 0.1) is 17.4 Å². The number of primary sulfonamides is 1. The standard InChI is InChI=1S/C18H22N4O5S/c1-2-27-18(24)13-7-9-22(10-8-13)17(23)14(11-19)12-21-15-3-5-16(6-4-15)28(20,25)26/h3-6,12-13,21H,2,7-10H2,1H3,(H2,20,25,26)/b14-12-. The molecule has 1 amide bonds. The van der Waals surface area contributed by atoms with Crippen LogP contribution in [0.25, 0.3) is 0 Å². The Morgan fingerprint density at radius 1 is 1.32 bits per heavy atom. The van der Waals surface area contributed by atoms with Gasteiger partial charge in [-0.05, 0) is 44.0 Å². The van der Waals surface area contributed by atoms with Gasteiger partial charge in [-0.25, -0.2) is 13.6 Å². The number of rotatable bonds is 6. The number of likely N-dealkylation sites (tertiary alicyclic amines) is 1. The molecule has 10 heteroatoms. The number of piperidine rings is 1. The Hall–Kier alpha value is -2.90. The summed E-state index contributed by atoms with van der Waals surface area (Å²) in [6.07, 6.45) is 2.25. The van der Waals surface area contributed by atoms with Gasteiger partial charge >= 0.3 is 5.97 Å². The Balaban J connectivity index is 1.98. The number of hydrogen-bond acceptors (Lipinski definition) is 7. The van der Waals surface area contributed by atoms with Gasteiger partial charge in [0, 0.05) is 25.0 Å². The topological polar surface area (TPSA) is 143 Å². The number of carbonyl (C=O) groups excluding carboxylic acids is 2. The van der Waals surface area contributed by atoms with Crippen molar-refractivity contribution in [2.75, 3.05) is 25.0 Å². The first-order valence-corrected chi connectivity index (χ1v) is 10.3. The number of nitriles is 1. The fraction of sp³-hybridized carbons (Fsp3) is 0.389. The monoisotopic (exact) mass is 406 g/mol. The van der Waals surface area contributed by atoms with Crippen LogP contribution in [0.3, 0.4) is 0 Å². The van der Waals surface area contributed by atoms with Crippen LogP contribution in [0.2, 0.25) is 0 Å². The van der Waals surface area contributed by atoms with Crippen molar-refractivity contribution in [3.63, 3.8) is 0 Å². The molecule has 1 aromatic carbocycles. The van der Waals surface area contributed by atoms with Gasteiger partial charge in [-0.1, -0.05) is 0 Å². The molecule has 1 aliphatic rings. The molecule has 1 aliphatic heterocycles. The second-order valence-electron chi connectivity index (χ2n) is 6.20. The molecule has 2 rings (SSSR count). The quantitative estimate of drug-likeness (QED) is 0.407. The van der Waals surface area contributed by atoms with Crippen molar-refractivity contribution in [1.82, 2.24) is 4.90 Å². The van der Waals surface area contributed by atoms with E-state index >= 15 is 0 Å². The van der Waals surface area contributed by atoms with Crippen molar-refractivity contribution in [3.8, 4) is 6.07 Å². The molecule has 28 heavy (non-hydrogen) atoms. The van der Waals surface area contributed by atoms with Crippen molar-refractivity contribution in [1.29, 1.82) is 5.26 Å². The molecule has 1 aromatic rings. The summed E-state index contributed by atoms with van der Waals surface area (Å²) in [4.78, 5) is 25.8. The van der Waals surface area contributed by atoms with E-state index in [-0.39, 0.29) is 22.4 Å². The van der Waals surface area contributed by atoms with Gasteiger partial charge in [-0.15, -0.1) is 0 Å². The van der Waals surface area contributed by atoms with Crippen LogP contribution in [0.4, 0.5) is 5.69 Å². The fourth-order valence-electron chi connectivity index (χ4n) is 2.79. The number of sulfonamides is 1. The van der Waals surface area contributed by atoms with Crippen molar-refractivity contribution in [2.45, 2.75) is 24.7 Å². The van der Waals surface area contributed by atoms with Gasteiger partial charge in [0.1, 0.15) is 11.6 Å². The molecule has 0 spiro atoms. The number of amides is 1. The van der Waals surface area contributed by atoms with Gasteiger partial charge in [0.2, 0.25) is 10.0 Å². The van der Waals surface area contributed by atoms with E-state index in [4.69, 9.17) is 9.88 Å². The molecule has 0 unspecified atom stereocenters. The number of anilines is 1. The first-order valence-electron chi connectivity index (χ1n) is 8.71. The summed E-state index contributed by atoms with van der Waals surface area (Å²) in [7, 11) is -3.79. The second kappa shape index (κ2) is 9.34. The lowest BCUT2D eigenvalue weighted by molar-refractivity contribution is -0.150. The van der Waals surface area contributed by atoms with Crippen LogP contribution in [0, 0.1) is 17.2 Å². The maximum Gasteiger partial charge on any atom is 0.309 e. The fourth-order valence-corrected chi connectivity index (χ4v) is 3.30. The highest BCUT2D eigenvalue weighted by molar-refractivity contribution is 7.89. The molecule has 0 aromatic heterocycles. The SMILES string of the molecule is CCOC(=O)C1CCN(C(=O)/C(C#N)=C\Nc2ccc(S(N)(=O)=O)cc2)CC1. The third kappa shape index (κ3) is 5.55. The number of nitrogens with one attached hydrogen (secondary N) is 1. The van der Waals surface area contributed by atoms with Crippen molar-refractivity contribution < 1.29 is 22.7 Å². The zero-order valence-corrected chi connectivity index (χ0v) is 16.2. The zero-order valence-electron chi connectivity index (χ0n) is 15.4. The van der Waals surface area contributed by atoms with E-state index in [1.54, 1.807) is 6.92 Å². The molecule has 0 aliphatic carbocycles. The van der Waals surface area contributed by atoms with E-state index < -0.39 is 15.9 Å². The first kappa shape index (κ1) is 21.4. The molecule has 9 nitrogen and oxygen atoms in total. The van der Waals surface area contributed by atoms with Gasteiger partial charge in [-0.2, -0.15) is 5.26 Å². The molecule has 1 saturated heterocycles. The summed E-state index contributed by atoms with van der Waals surface area (Å²) >= 11 is 0. The van der Waals surface area contributed by atoms with E-state index in [0.717, 1.165) is 0 Å². The molecule has 1 fully saturated rings. The minimum absolute atomic E-state index is 0.0388. The third-order valence-corrected chi connectivity index (χ3v) is 5.25. The molecule has 0 bridgehead atoms. The van der Waals surface area contributed by atoms with Gasteiger partial charge in [0.25, 0.3) is 5.91 Å². The predicted octanol–water partition coefficient (Wildman–Crippen LogP) is 0.955. The molecule has 3 N–H and O–H groups in total. The van der Waals surface area contributed by atoms with Crippen LogP contribution >= 0.6 is 0 Å². The van der Waals surface area contributed by atoms with Crippen LogP contribution in [0.5, 0.6) is 0 Å². The van der Waals surface area contributed by atoms with E-state index in [9.17, 15) is 23.3 Å². The number of nitrogens with two attached hydrogens (primary N) is 1. The Kier molecular flexibility index (Phi) is 7.14. The van der Waals surface area contributed by atoms with Crippen LogP contribution in [0.15, 0.2) is 40.9 Å². The number of hydrogen-bond donors (Lipinski definition) is 2. The molecule has 0 radical (unpaired) electrons. The van der Waals surface area contributed by atoms with E-state index in [0.29, 0.717) is 38.2 Å². The highest BCUT2D eigenvalue weighted by Crippen LogP contribution is 2.20. The maximum absolute atomic E-state index is 12.5. The normalized spacial score (nSPS) is 15.6. The number of nitrogens with zero attached hydrogens (tertiary/aromatic N) is 2. The first-order chi connectivity index (χ1) is 13.3. The summed E-state index contributed by atoms with van der Waals surface area (Å²) in [6, 6.07) is 7.44. The summed E-state index contributed by atoms with van der Waals surface area (Å²) in [5.74, 6) is -0.914. The minimum Gasteiger partial charge on any atom is -0.466 e. The Labute approximate surface area is 163 Å². The summed E-state index contributed by atoms with van der Waals surface area (Å²) in [6.45, 7) is 2.80. The predicted molar refractivity (Wildman–Crippen MR) is 101 cm³/mol. The van der Waals surface area contributed by atoms with Gasteiger partial charge in [-0.3, -0.25) is 9.59 Å². The second-order valence-corrected chi connectivity index (χ2v) is 7.76. The van der Waals surface area contributed by atoms with E-state index in [1.807, 2.05) is 6.07 Å². The lowest BCUT2D eigenvalue weighted by atomic mass is 9.96. The van der Waals surface area contributed by atoms with Gasteiger partial charge in [0.15, 0.2) is 0 Å². The van der Waals surface area contributed by atoms with E-state index in [2.05, 4.69) is 5.32 Å². The molecule has 0 atom stereocenters. The molecule has 1 heterocycles. The Morgan fingerprint density at radius 2 is 1.93 bits per heavy atom.